The van der Waals surface area contributed by atoms with Gasteiger partial charge in [0.2, 0.25) is 5.91 Å². The Morgan fingerprint density at radius 1 is 0.885 bits per heavy atom. The van der Waals surface area contributed by atoms with Crippen LogP contribution in [0.1, 0.15) is 32.3 Å². The lowest BCUT2D eigenvalue weighted by Gasteiger charge is -2.07. The number of carbonyl (C=O) groups is 4. The Morgan fingerprint density at radius 3 is 2.08 bits per heavy atom. The van der Waals surface area contributed by atoms with Crippen LogP contribution in [-0.2, 0) is 35.1 Å². The van der Waals surface area contributed by atoms with Crippen molar-refractivity contribution in [2.45, 2.75) is 33.1 Å². The van der Waals surface area contributed by atoms with Crippen molar-refractivity contribution in [3.05, 3.63) is 29.8 Å². The number of ether oxygens (including phenoxy) is 2. The van der Waals surface area contributed by atoms with E-state index in [0.717, 1.165) is 5.56 Å². The molecule has 1 N–H and O–H groups in total. The number of aryl methyl sites for hydroxylation is 1. The fraction of sp³-hybridized carbons (Fsp3) is 0.474. The number of hydrogen-bond acceptors (Lipinski definition) is 6. The molecule has 26 heavy (non-hydrogen) atoms. The topological polar surface area (TPSA) is 98.8 Å². The lowest BCUT2D eigenvalue weighted by atomic mass is 10.0. The molecular formula is C19H25NO6. The van der Waals surface area contributed by atoms with Gasteiger partial charge in [-0.25, -0.2) is 0 Å². The van der Waals surface area contributed by atoms with E-state index >= 15 is 0 Å². The van der Waals surface area contributed by atoms with E-state index in [0.29, 0.717) is 18.5 Å². The van der Waals surface area contributed by atoms with Crippen LogP contribution in [0.15, 0.2) is 24.3 Å². The number of benzene rings is 1. The minimum atomic E-state index is -0.291. The van der Waals surface area contributed by atoms with Crippen molar-refractivity contribution >= 4 is 28.9 Å². The van der Waals surface area contributed by atoms with Crippen molar-refractivity contribution in [3.8, 4) is 0 Å². The van der Waals surface area contributed by atoms with Crippen LogP contribution in [0.2, 0.25) is 0 Å². The Morgan fingerprint density at radius 2 is 1.50 bits per heavy atom. The largest absolute Gasteiger partial charge is 0.371 e. The average Bonchev–Trinajstić information content (AvgIpc) is 2.56. The predicted octanol–water partition coefficient (Wildman–Crippen LogP) is 1.73. The summed E-state index contributed by atoms with van der Waals surface area (Å²) in [5.74, 6) is -0.546. The van der Waals surface area contributed by atoms with E-state index < -0.39 is 0 Å². The second kappa shape index (κ2) is 12.1. The molecule has 142 valence electrons. The predicted molar refractivity (Wildman–Crippen MR) is 96.0 cm³/mol. The van der Waals surface area contributed by atoms with Crippen LogP contribution < -0.4 is 5.32 Å². The van der Waals surface area contributed by atoms with Crippen LogP contribution in [0.3, 0.4) is 0 Å². The zero-order valence-corrected chi connectivity index (χ0v) is 15.2. The molecule has 1 aromatic carbocycles. The average molecular weight is 363 g/mol. The van der Waals surface area contributed by atoms with Gasteiger partial charge in [-0.1, -0.05) is 12.1 Å². The molecule has 0 fully saturated rings. The summed E-state index contributed by atoms with van der Waals surface area (Å²) in [6.45, 7) is 3.26. The molecule has 0 saturated carbocycles. The van der Waals surface area contributed by atoms with Crippen LogP contribution in [0.4, 0.5) is 5.69 Å². The van der Waals surface area contributed by atoms with E-state index in [1.54, 1.807) is 12.1 Å². The van der Waals surface area contributed by atoms with Gasteiger partial charge in [0.25, 0.3) is 0 Å². The summed E-state index contributed by atoms with van der Waals surface area (Å²) in [5, 5.41) is 2.70. The maximum atomic E-state index is 11.7. The number of anilines is 1. The first-order valence-electron chi connectivity index (χ1n) is 8.41. The molecule has 0 spiro atoms. The Kier molecular flexibility index (Phi) is 10.0. The standard InChI is InChI=1S/C19H25NO6/c1-14(21)11-18(23)8-5-16-3-6-17(7-4-16)20-19(24)13-26-10-9-25-12-15(2)22/h3-4,6-7H,5,8-13H2,1-2H3,(H,20,24). The summed E-state index contributed by atoms with van der Waals surface area (Å²) in [5.41, 5.74) is 1.59. The Bertz CT molecular complexity index is 623. The summed E-state index contributed by atoms with van der Waals surface area (Å²) < 4.78 is 10.2. The highest BCUT2D eigenvalue weighted by atomic mass is 16.5. The SMILES string of the molecule is CC(=O)COCCOCC(=O)Nc1ccc(CCC(=O)CC(C)=O)cc1. The quantitative estimate of drug-likeness (QED) is 0.423. The van der Waals surface area contributed by atoms with Gasteiger partial charge in [0, 0.05) is 12.1 Å². The molecule has 0 bridgehead atoms. The van der Waals surface area contributed by atoms with Gasteiger partial charge in [-0.3, -0.25) is 19.2 Å². The number of rotatable bonds is 13. The third kappa shape index (κ3) is 10.5. The van der Waals surface area contributed by atoms with Gasteiger partial charge in [0.15, 0.2) is 5.78 Å². The van der Waals surface area contributed by atoms with Crippen molar-refractivity contribution < 1.29 is 28.7 Å². The van der Waals surface area contributed by atoms with Gasteiger partial charge in [-0.05, 0) is 38.0 Å². The van der Waals surface area contributed by atoms with E-state index in [1.807, 2.05) is 12.1 Å². The molecule has 1 aromatic rings. The van der Waals surface area contributed by atoms with Crippen molar-refractivity contribution in [1.82, 2.24) is 0 Å². The highest BCUT2D eigenvalue weighted by molar-refractivity contribution is 5.98. The first-order chi connectivity index (χ1) is 12.4. The van der Waals surface area contributed by atoms with Gasteiger partial charge >= 0.3 is 0 Å². The Balaban J connectivity index is 2.24. The maximum Gasteiger partial charge on any atom is 0.250 e. The monoisotopic (exact) mass is 363 g/mol. The fourth-order valence-corrected chi connectivity index (χ4v) is 2.10. The number of nitrogens with one attached hydrogen (secondary N) is 1. The van der Waals surface area contributed by atoms with Crippen molar-refractivity contribution in [1.29, 1.82) is 0 Å². The zero-order valence-electron chi connectivity index (χ0n) is 15.2. The smallest absolute Gasteiger partial charge is 0.250 e. The summed E-state index contributed by atoms with van der Waals surface area (Å²) in [6, 6.07) is 7.15. The summed E-state index contributed by atoms with van der Waals surface area (Å²) in [7, 11) is 0. The Hall–Kier alpha value is -2.38. The van der Waals surface area contributed by atoms with E-state index in [1.165, 1.54) is 13.8 Å². The van der Waals surface area contributed by atoms with E-state index in [-0.39, 0.29) is 56.1 Å². The third-order valence-corrected chi connectivity index (χ3v) is 3.29. The molecule has 1 rings (SSSR count). The molecule has 0 unspecified atom stereocenters. The lowest BCUT2D eigenvalue weighted by Crippen LogP contribution is -2.20. The first-order valence-corrected chi connectivity index (χ1v) is 8.41. The lowest BCUT2D eigenvalue weighted by molar-refractivity contribution is -0.126. The highest BCUT2D eigenvalue weighted by Gasteiger charge is 2.07. The molecule has 0 aliphatic rings. The molecular weight excluding hydrogens is 338 g/mol. The van der Waals surface area contributed by atoms with Gasteiger partial charge < -0.3 is 14.8 Å². The zero-order chi connectivity index (χ0) is 19.4. The molecule has 0 aliphatic heterocycles. The van der Waals surface area contributed by atoms with E-state index in [9.17, 15) is 19.2 Å². The number of ketones is 3. The molecule has 7 heteroatoms. The van der Waals surface area contributed by atoms with Crippen molar-refractivity contribution in [2.75, 3.05) is 31.7 Å². The van der Waals surface area contributed by atoms with Gasteiger partial charge in [0.1, 0.15) is 24.8 Å². The number of Topliss-reactive ketones (excluding diaryl/α,β-unsaturated/α-hetero) is 3. The molecule has 0 aliphatic carbocycles. The van der Waals surface area contributed by atoms with E-state index in [4.69, 9.17) is 9.47 Å². The number of carbonyl (C=O) groups excluding carboxylic acids is 4. The third-order valence-electron chi connectivity index (χ3n) is 3.29. The first kappa shape index (κ1) is 21.7. The maximum absolute atomic E-state index is 11.7. The molecule has 0 saturated heterocycles. The Labute approximate surface area is 153 Å². The summed E-state index contributed by atoms with van der Waals surface area (Å²) in [6.07, 6.45) is 0.864. The molecule has 0 aromatic heterocycles. The minimum Gasteiger partial charge on any atom is -0.371 e. The van der Waals surface area contributed by atoms with Gasteiger partial charge in [0.05, 0.1) is 19.6 Å². The van der Waals surface area contributed by atoms with E-state index in [2.05, 4.69) is 5.32 Å². The van der Waals surface area contributed by atoms with Gasteiger partial charge in [-0.2, -0.15) is 0 Å². The fourth-order valence-electron chi connectivity index (χ4n) is 2.10. The molecule has 0 radical (unpaired) electrons. The van der Waals surface area contributed by atoms with Gasteiger partial charge in [-0.15, -0.1) is 0 Å². The minimum absolute atomic E-state index is 0.0199. The summed E-state index contributed by atoms with van der Waals surface area (Å²) >= 11 is 0. The van der Waals surface area contributed by atoms with Crippen molar-refractivity contribution in [2.24, 2.45) is 0 Å². The van der Waals surface area contributed by atoms with Crippen LogP contribution >= 0.6 is 0 Å². The van der Waals surface area contributed by atoms with Crippen LogP contribution in [0.25, 0.3) is 0 Å². The molecule has 0 heterocycles. The molecule has 0 atom stereocenters. The normalized spacial score (nSPS) is 10.4. The second-order valence-corrected chi connectivity index (χ2v) is 5.97. The molecule has 1 amide bonds. The summed E-state index contributed by atoms with van der Waals surface area (Å²) in [4.78, 5) is 44.8. The number of amides is 1. The van der Waals surface area contributed by atoms with Crippen LogP contribution in [0, 0.1) is 0 Å². The number of hydrogen-bond donors (Lipinski definition) is 1. The second-order valence-electron chi connectivity index (χ2n) is 5.97. The highest BCUT2D eigenvalue weighted by Crippen LogP contribution is 2.11. The van der Waals surface area contributed by atoms with Crippen molar-refractivity contribution in [3.63, 3.8) is 0 Å². The van der Waals surface area contributed by atoms with Crippen LogP contribution in [0.5, 0.6) is 0 Å². The van der Waals surface area contributed by atoms with Crippen LogP contribution in [-0.4, -0.2) is 49.7 Å². The molecule has 7 nitrogen and oxygen atoms in total.